The van der Waals surface area contributed by atoms with E-state index in [0.29, 0.717) is 17.9 Å². The number of nitrogens with two attached hydrogens (primary N) is 1. The van der Waals surface area contributed by atoms with Crippen LogP contribution in [0.25, 0.3) is 0 Å². The van der Waals surface area contributed by atoms with Crippen LogP contribution in [0.2, 0.25) is 0 Å². The Hall–Kier alpha value is -1.42. The summed E-state index contributed by atoms with van der Waals surface area (Å²) in [5.41, 5.74) is 6.21. The monoisotopic (exact) mass is 167 g/mol. The normalized spacial score (nSPS) is 20.2. The molecule has 4 heteroatoms. The molecule has 12 heavy (non-hydrogen) atoms. The zero-order valence-corrected chi connectivity index (χ0v) is 6.32. The third-order valence-electron chi connectivity index (χ3n) is 1.89. The lowest BCUT2D eigenvalue weighted by Gasteiger charge is -2.03. The standard InChI is InChI=1S/C8H9NO3/c9-5-3-12-7-2-4(10)1-6(11)8(5)7/h1-2,5,10-11H,3,9H2/t5-/m0/s1. The lowest BCUT2D eigenvalue weighted by Crippen LogP contribution is -2.10. The second-order valence-electron chi connectivity index (χ2n) is 2.79. The maximum Gasteiger partial charge on any atom is 0.131 e. The van der Waals surface area contributed by atoms with Gasteiger partial charge < -0.3 is 20.7 Å². The van der Waals surface area contributed by atoms with E-state index in [1.54, 1.807) is 0 Å². The van der Waals surface area contributed by atoms with Crippen LogP contribution in [0.3, 0.4) is 0 Å². The van der Waals surface area contributed by atoms with Crippen molar-refractivity contribution in [1.29, 1.82) is 0 Å². The van der Waals surface area contributed by atoms with Crippen LogP contribution in [-0.4, -0.2) is 16.8 Å². The summed E-state index contributed by atoms with van der Waals surface area (Å²) in [6, 6.07) is 2.41. The van der Waals surface area contributed by atoms with E-state index >= 15 is 0 Å². The fraction of sp³-hybridized carbons (Fsp3) is 0.250. The molecule has 1 aromatic rings. The molecule has 0 amide bonds. The Morgan fingerprint density at radius 3 is 2.92 bits per heavy atom. The van der Waals surface area contributed by atoms with Crippen molar-refractivity contribution in [3.8, 4) is 17.2 Å². The summed E-state index contributed by atoms with van der Waals surface area (Å²) in [6.07, 6.45) is 0. The van der Waals surface area contributed by atoms with Gasteiger partial charge in [0, 0.05) is 12.1 Å². The van der Waals surface area contributed by atoms with E-state index < -0.39 is 0 Å². The summed E-state index contributed by atoms with van der Waals surface area (Å²) >= 11 is 0. The minimum absolute atomic E-state index is 0.00463. The number of fused-ring (bicyclic) bond motifs is 1. The molecule has 64 valence electrons. The third kappa shape index (κ3) is 0.887. The average molecular weight is 167 g/mol. The first-order valence-electron chi connectivity index (χ1n) is 3.62. The Balaban J connectivity index is 2.60. The molecule has 0 fully saturated rings. The molecule has 1 aromatic carbocycles. The van der Waals surface area contributed by atoms with Gasteiger partial charge in [0.2, 0.25) is 0 Å². The van der Waals surface area contributed by atoms with Crippen LogP contribution in [0, 0.1) is 0 Å². The highest BCUT2D eigenvalue weighted by molar-refractivity contribution is 5.52. The Morgan fingerprint density at radius 1 is 1.42 bits per heavy atom. The number of hydrogen-bond acceptors (Lipinski definition) is 4. The molecule has 4 nitrogen and oxygen atoms in total. The van der Waals surface area contributed by atoms with Crippen LogP contribution in [0.5, 0.6) is 17.2 Å². The summed E-state index contributed by atoms with van der Waals surface area (Å²) in [7, 11) is 0. The molecule has 0 aliphatic carbocycles. The van der Waals surface area contributed by atoms with E-state index in [1.807, 2.05) is 0 Å². The van der Waals surface area contributed by atoms with Gasteiger partial charge in [0.15, 0.2) is 0 Å². The minimum atomic E-state index is -0.291. The van der Waals surface area contributed by atoms with E-state index in [0.717, 1.165) is 0 Å². The molecule has 0 radical (unpaired) electrons. The fourth-order valence-electron chi connectivity index (χ4n) is 1.35. The minimum Gasteiger partial charge on any atom is -0.508 e. The Labute approximate surface area is 69.2 Å². The quantitative estimate of drug-likeness (QED) is 0.525. The number of aromatic hydroxyl groups is 2. The number of benzene rings is 1. The molecule has 0 unspecified atom stereocenters. The topological polar surface area (TPSA) is 75.7 Å². The fourth-order valence-corrected chi connectivity index (χ4v) is 1.35. The second kappa shape index (κ2) is 2.28. The number of phenolic OH excluding ortho intramolecular Hbond substituents is 2. The van der Waals surface area contributed by atoms with Crippen molar-refractivity contribution in [1.82, 2.24) is 0 Å². The zero-order valence-electron chi connectivity index (χ0n) is 6.32. The van der Waals surface area contributed by atoms with E-state index in [9.17, 15) is 5.11 Å². The molecule has 0 bridgehead atoms. The molecule has 1 aliphatic heterocycles. The van der Waals surface area contributed by atoms with Crippen LogP contribution < -0.4 is 10.5 Å². The molecule has 1 heterocycles. The van der Waals surface area contributed by atoms with E-state index in [1.165, 1.54) is 12.1 Å². The van der Waals surface area contributed by atoms with E-state index in [4.69, 9.17) is 15.6 Å². The molecule has 4 N–H and O–H groups in total. The average Bonchev–Trinajstić information content (AvgIpc) is 2.31. The molecule has 0 spiro atoms. The van der Waals surface area contributed by atoms with Gasteiger partial charge in [-0.3, -0.25) is 0 Å². The SMILES string of the molecule is N[C@H]1COc2cc(O)cc(O)c21. The lowest BCUT2D eigenvalue weighted by atomic mass is 10.1. The number of hydrogen-bond donors (Lipinski definition) is 3. The van der Waals surface area contributed by atoms with Gasteiger partial charge in [0.05, 0.1) is 11.6 Å². The van der Waals surface area contributed by atoms with Crippen molar-refractivity contribution in [2.24, 2.45) is 5.73 Å². The van der Waals surface area contributed by atoms with E-state index in [2.05, 4.69) is 0 Å². The van der Waals surface area contributed by atoms with E-state index in [-0.39, 0.29) is 17.5 Å². The van der Waals surface area contributed by atoms with Crippen LogP contribution in [0.4, 0.5) is 0 Å². The predicted molar refractivity (Wildman–Crippen MR) is 42.2 cm³/mol. The Kier molecular flexibility index (Phi) is 1.38. The third-order valence-corrected chi connectivity index (χ3v) is 1.89. The van der Waals surface area contributed by atoms with Gasteiger partial charge in [0.1, 0.15) is 23.9 Å². The summed E-state index contributed by atoms with van der Waals surface area (Å²) in [5, 5.41) is 18.4. The highest BCUT2D eigenvalue weighted by Gasteiger charge is 2.24. The van der Waals surface area contributed by atoms with Crippen LogP contribution in [0.1, 0.15) is 11.6 Å². The van der Waals surface area contributed by atoms with Gasteiger partial charge >= 0.3 is 0 Å². The van der Waals surface area contributed by atoms with Crippen molar-refractivity contribution in [2.75, 3.05) is 6.61 Å². The highest BCUT2D eigenvalue weighted by Crippen LogP contribution is 2.40. The maximum atomic E-state index is 9.36. The molecule has 1 atom stereocenters. The molecular weight excluding hydrogens is 158 g/mol. The van der Waals surface area contributed by atoms with Crippen molar-refractivity contribution >= 4 is 0 Å². The van der Waals surface area contributed by atoms with Gasteiger partial charge in [-0.25, -0.2) is 0 Å². The molecule has 1 aliphatic rings. The van der Waals surface area contributed by atoms with Crippen molar-refractivity contribution < 1.29 is 14.9 Å². The Morgan fingerprint density at radius 2 is 2.17 bits per heavy atom. The first kappa shape index (κ1) is 7.24. The summed E-state index contributed by atoms with van der Waals surface area (Å²) < 4.78 is 5.13. The van der Waals surface area contributed by atoms with Gasteiger partial charge in [-0.1, -0.05) is 0 Å². The largest absolute Gasteiger partial charge is 0.508 e. The summed E-state index contributed by atoms with van der Waals surface area (Å²) in [4.78, 5) is 0. The van der Waals surface area contributed by atoms with Gasteiger partial charge in [-0.2, -0.15) is 0 Å². The first-order chi connectivity index (χ1) is 5.68. The summed E-state index contributed by atoms with van der Waals surface area (Å²) in [6.45, 7) is 0.354. The Bertz CT molecular complexity index is 324. The first-order valence-corrected chi connectivity index (χ1v) is 3.62. The van der Waals surface area contributed by atoms with Crippen molar-refractivity contribution in [3.63, 3.8) is 0 Å². The number of ether oxygens (including phenoxy) is 1. The molecule has 2 rings (SSSR count). The van der Waals surface area contributed by atoms with Gasteiger partial charge in [-0.15, -0.1) is 0 Å². The highest BCUT2D eigenvalue weighted by atomic mass is 16.5. The predicted octanol–water partition coefficient (Wildman–Crippen LogP) is 0.490. The van der Waals surface area contributed by atoms with Gasteiger partial charge in [-0.05, 0) is 0 Å². The zero-order chi connectivity index (χ0) is 8.72. The van der Waals surface area contributed by atoms with Crippen LogP contribution in [0.15, 0.2) is 12.1 Å². The lowest BCUT2D eigenvalue weighted by molar-refractivity contribution is 0.332. The summed E-state index contributed by atoms with van der Waals surface area (Å²) in [5.74, 6) is 0.454. The number of rotatable bonds is 0. The molecule has 0 saturated heterocycles. The number of phenols is 2. The van der Waals surface area contributed by atoms with Gasteiger partial charge in [0.25, 0.3) is 0 Å². The second-order valence-corrected chi connectivity index (χ2v) is 2.79. The van der Waals surface area contributed by atoms with Crippen LogP contribution >= 0.6 is 0 Å². The van der Waals surface area contributed by atoms with Crippen molar-refractivity contribution in [2.45, 2.75) is 6.04 Å². The maximum absolute atomic E-state index is 9.36. The smallest absolute Gasteiger partial charge is 0.131 e. The van der Waals surface area contributed by atoms with Crippen LogP contribution in [-0.2, 0) is 0 Å². The van der Waals surface area contributed by atoms with Crippen molar-refractivity contribution in [3.05, 3.63) is 17.7 Å². The molecular formula is C8H9NO3. The molecule has 0 saturated carbocycles. The molecule has 0 aromatic heterocycles.